The first-order valence-electron chi connectivity index (χ1n) is 11.2. The number of halogens is 6. The van der Waals surface area contributed by atoms with E-state index in [0.29, 0.717) is 6.07 Å². The standard InChI is InChI=1S/C24H20ClF5N4O4/c1-23(2,10-24(28,29)30)32-22(38)14-9-34(19-15(25)5-11(26)6-16(19)27)21-13(20(14)37)3-4-17(31-21)33-8-12(35)7-18(33)36/h3-6,9,12,35H,7-8,10H2,1-2H3,(H,32,38)/t12-/m0/s1. The van der Waals surface area contributed by atoms with E-state index in [9.17, 15) is 41.4 Å². The van der Waals surface area contributed by atoms with Gasteiger partial charge in [0, 0.05) is 17.8 Å². The quantitative estimate of drug-likeness (QED) is 0.463. The molecule has 202 valence electrons. The summed E-state index contributed by atoms with van der Waals surface area (Å²) in [7, 11) is 0. The van der Waals surface area contributed by atoms with Crippen LogP contribution in [0.4, 0.5) is 27.8 Å². The molecule has 1 atom stereocenters. The molecule has 0 unspecified atom stereocenters. The van der Waals surface area contributed by atoms with Gasteiger partial charge in [-0.05, 0) is 32.0 Å². The van der Waals surface area contributed by atoms with Gasteiger partial charge in [-0.3, -0.25) is 23.9 Å². The molecule has 0 saturated carbocycles. The van der Waals surface area contributed by atoms with Gasteiger partial charge in [0.25, 0.3) is 5.91 Å². The molecule has 1 fully saturated rings. The molecule has 0 radical (unpaired) electrons. The second kappa shape index (κ2) is 9.62. The summed E-state index contributed by atoms with van der Waals surface area (Å²) >= 11 is 6.10. The van der Waals surface area contributed by atoms with Crippen molar-refractivity contribution in [1.82, 2.24) is 14.9 Å². The van der Waals surface area contributed by atoms with Crippen LogP contribution in [-0.2, 0) is 4.79 Å². The van der Waals surface area contributed by atoms with Crippen LogP contribution in [-0.4, -0.2) is 50.8 Å². The average molecular weight is 559 g/mol. The van der Waals surface area contributed by atoms with E-state index in [-0.39, 0.29) is 29.8 Å². The fraction of sp³-hybridized carbons (Fsp3) is 0.333. The molecule has 3 heterocycles. The molecule has 4 rings (SSSR count). The molecule has 1 saturated heterocycles. The van der Waals surface area contributed by atoms with Crippen molar-refractivity contribution < 1.29 is 36.6 Å². The highest BCUT2D eigenvalue weighted by Gasteiger charge is 2.38. The second-order valence-electron chi connectivity index (χ2n) is 9.49. The highest BCUT2D eigenvalue weighted by Crippen LogP contribution is 2.30. The molecule has 0 aliphatic carbocycles. The van der Waals surface area contributed by atoms with Gasteiger partial charge in [0.2, 0.25) is 11.3 Å². The summed E-state index contributed by atoms with van der Waals surface area (Å²) in [6, 6.07) is 3.74. The van der Waals surface area contributed by atoms with Crippen LogP contribution in [0.5, 0.6) is 0 Å². The number of aliphatic hydroxyl groups excluding tert-OH is 1. The van der Waals surface area contributed by atoms with E-state index < -0.39 is 69.4 Å². The zero-order valence-electron chi connectivity index (χ0n) is 19.9. The molecule has 1 aliphatic rings. The molecule has 2 amide bonds. The first-order chi connectivity index (χ1) is 17.6. The third-order valence-corrected chi connectivity index (χ3v) is 6.07. The Hall–Kier alpha value is -3.58. The third kappa shape index (κ3) is 5.48. The average Bonchev–Trinajstić information content (AvgIpc) is 3.10. The van der Waals surface area contributed by atoms with Crippen LogP contribution in [0.1, 0.15) is 37.0 Å². The van der Waals surface area contributed by atoms with Gasteiger partial charge in [0.1, 0.15) is 22.9 Å². The number of rotatable bonds is 5. The van der Waals surface area contributed by atoms with Gasteiger partial charge in [-0.2, -0.15) is 13.2 Å². The number of β-amino-alcohol motifs (C(OH)–C–C–N with tert-alkyl or cyclic N) is 1. The van der Waals surface area contributed by atoms with E-state index in [1.807, 2.05) is 0 Å². The molecule has 38 heavy (non-hydrogen) atoms. The first kappa shape index (κ1) is 27.5. The third-order valence-electron chi connectivity index (χ3n) is 5.78. The Bertz CT molecular complexity index is 1500. The fourth-order valence-electron chi connectivity index (χ4n) is 4.27. The van der Waals surface area contributed by atoms with Gasteiger partial charge < -0.3 is 10.4 Å². The maximum absolute atomic E-state index is 15.0. The smallest absolute Gasteiger partial charge is 0.391 e. The minimum absolute atomic E-state index is 0.00523. The molecule has 14 heteroatoms. The molecule has 2 N–H and O–H groups in total. The number of anilines is 1. The van der Waals surface area contributed by atoms with Crippen molar-refractivity contribution in [2.24, 2.45) is 0 Å². The van der Waals surface area contributed by atoms with Crippen LogP contribution >= 0.6 is 11.6 Å². The number of carbonyl (C=O) groups excluding carboxylic acids is 2. The molecule has 1 aliphatic heterocycles. The van der Waals surface area contributed by atoms with Gasteiger partial charge in [-0.25, -0.2) is 13.8 Å². The number of benzene rings is 1. The summed E-state index contributed by atoms with van der Waals surface area (Å²) in [5, 5.41) is 11.3. The number of fused-ring (bicyclic) bond motifs is 1. The lowest BCUT2D eigenvalue weighted by atomic mass is 9.99. The molecular formula is C24H20ClF5N4O4. The zero-order chi connectivity index (χ0) is 28.2. The van der Waals surface area contributed by atoms with Crippen LogP contribution in [0.15, 0.2) is 35.3 Å². The van der Waals surface area contributed by atoms with E-state index in [0.717, 1.165) is 35.6 Å². The van der Waals surface area contributed by atoms with Gasteiger partial charge in [-0.15, -0.1) is 0 Å². The summed E-state index contributed by atoms with van der Waals surface area (Å²) < 4.78 is 68.5. The number of carbonyl (C=O) groups is 2. The van der Waals surface area contributed by atoms with Crippen LogP contribution in [0.25, 0.3) is 16.7 Å². The number of hydrogen-bond donors (Lipinski definition) is 2. The lowest BCUT2D eigenvalue weighted by Gasteiger charge is -2.27. The van der Waals surface area contributed by atoms with Crippen LogP contribution in [0.2, 0.25) is 5.02 Å². The van der Waals surface area contributed by atoms with Crippen LogP contribution in [0.3, 0.4) is 0 Å². The lowest BCUT2D eigenvalue weighted by Crippen LogP contribution is -2.47. The molecule has 3 aromatic rings. The second-order valence-corrected chi connectivity index (χ2v) is 9.90. The van der Waals surface area contributed by atoms with Crippen molar-refractivity contribution in [3.8, 4) is 5.69 Å². The molecular weight excluding hydrogens is 539 g/mol. The van der Waals surface area contributed by atoms with E-state index in [2.05, 4.69) is 10.3 Å². The maximum Gasteiger partial charge on any atom is 0.391 e. The van der Waals surface area contributed by atoms with Crippen molar-refractivity contribution in [3.05, 3.63) is 62.9 Å². The van der Waals surface area contributed by atoms with Gasteiger partial charge in [0.15, 0.2) is 11.5 Å². The number of aliphatic hydroxyl groups is 1. The van der Waals surface area contributed by atoms with Crippen molar-refractivity contribution in [2.45, 2.75) is 44.5 Å². The number of aromatic nitrogens is 2. The lowest BCUT2D eigenvalue weighted by molar-refractivity contribution is -0.146. The summed E-state index contributed by atoms with van der Waals surface area (Å²) in [5.41, 5.74) is -4.18. The highest BCUT2D eigenvalue weighted by molar-refractivity contribution is 6.32. The Balaban J connectivity index is 1.93. The number of hydrogen-bond acceptors (Lipinski definition) is 5. The largest absolute Gasteiger partial charge is 0.391 e. The Morgan fingerprint density at radius 3 is 2.47 bits per heavy atom. The van der Waals surface area contributed by atoms with E-state index in [1.165, 1.54) is 12.1 Å². The first-order valence-corrected chi connectivity index (χ1v) is 11.5. The van der Waals surface area contributed by atoms with E-state index in [4.69, 9.17) is 11.6 Å². The fourth-order valence-corrected chi connectivity index (χ4v) is 4.56. The molecule has 0 spiro atoms. The van der Waals surface area contributed by atoms with E-state index in [1.54, 1.807) is 0 Å². The van der Waals surface area contributed by atoms with Gasteiger partial charge >= 0.3 is 6.18 Å². The Morgan fingerprint density at radius 2 is 1.89 bits per heavy atom. The minimum Gasteiger partial charge on any atom is -0.391 e. The van der Waals surface area contributed by atoms with Crippen LogP contribution in [0, 0.1) is 11.6 Å². The Morgan fingerprint density at radius 1 is 1.21 bits per heavy atom. The molecule has 1 aromatic carbocycles. The monoisotopic (exact) mass is 558 g/mol. The summed E-state index contributed by atoms with van der Waals surface area (Å²) in [4.78, 5) is 43.9. The number of nitrogens with one attached hydrogen (secondary N) is 1. The van der Waals surface area contributed by atoms with Gasteiger partial charge in [0.05, 0.1) is 35.9 Å². The van der Waals surface area contributed by atoms with Crippen molar-refractivity contribution in [1.29, 1.82) is 0 Å². The number of pyridine rings is 2. The van der Waals surface area contributed by atoms with E-state index >= 15 is 0 Å². The van der Waals surface area contributed by atoms with Crippen molar-refractivity contribution in [2.75, 3.05) is 11.4 Å². The Labute approximate surface area is 216 Å². The van der Waals surface area contributed by atoms with Crippen LogP contribution < -0.4 is 15.6 Å². The predicted octanol–water partition coefficient (Wildman–Crippen LogP) is 3.88. The number of amides is 2. The number of alkyl halides is 3. The summed E-state index contributed by atoms with van der Waals surface area (Å²) in [5.74, 6) is -3.86. The molecule has 2 aromatic heterocycles. The minimum atomic E-state index is -4.62. The highest BCUT2D eigenvalue weighted by atomic mass is 35.5. The summed E-state index contributed by atoms with van der Waals surface area (Å²) in [6.07, 6.45) is -6.31. The molecule has 8 nitrogen and oxygen atoms in total. The predicted molar refractivity (Wildman–Crippen MR) is 127 cm³/mol. The number of nitrogens with zero attached hydrogens (tertiary/aromatic N) is 3. The SMILES string of the molecule is CC(C)(CC(F)(F)F)NC(=O)c1cn(-c2c(F)cc(F)cc2Cl)c2nc(N3C[C@@H](O)CC3=O)ccc2c1=O. The normalized spacial score (nSPS) is 16.4. The van der Waals surface area contributed by atoms with Crippen molar-refractivity contribution in [3.63, 3.8) is 0 Å². The Kier molecular flexibility index (Phi) is 6.95. The zero-order valence-corrected chi connectivity index (χ0v) is 20.6. The van der Waals surface area contributed by atoms with Gasteiger partial charge in [-0.1, -0.05) is 11.6 Å². The van der Waals surface area contributed by atoms with Crippen molar-refractivity contribution >= 4 is 40.3 Å². The maximum atomic E-state index is 15.0. The molecule has 0 bridgehead atoms. The topological polar surface area (TPSA) is 105 Å². The summed E-state index contributed by atoms with van der Waals surface area (Å²) in [6.45, 7) is 2.13.